The number of hydrogen-bond acceptors (Lipinski definition) is 3. The maximum atomic E-state index is 11.4. The summed E-state index contributed by atoms with van der Waals surface area (Å²) in [5.74, 6) is -0.369. The van der Waals surface area contributed by atoms with Crippen LogP contribution in [0.2, 0.25) is 0 Å². The molecule has 100 valence electrons. The van der Waals surface area contributed by atoms with Gasteiger partial charge in [0, 0.05) is 12.6 Å². The summed E-state index contributed by atoms with van der Waals surface area (Å²) in [4.78, 5) is 13.5. The molecule has 2 atom stereocenters. The van der Waals surface area contributed by atoms with E-state index in [0.717, 1.165) is 24.1 Å². The van der Waals surface area contributed by atoms with Crippen LogP contribution in [0, 0.1) is 24.2 Å². The van der Waals surface area contributed by atoms with E-state index in [9.17, 15) is 10.1 Å². The molecule has 1 fully saturated rings. The number of primary amides is 1. The Morgan fingerprint density at radius 2 is 2.21 bits per heavy atom. The number of carbonyl (C=O) groups excluding carboxylic acids is 1. The first-order chi connectivity index (χ1) is 9.02. The van der Waals surface area contributed by atoms with Crippen molar-refractivity contribution in [1.29, 1.82) is 5.26 Å². The number of hydrogen-bond donors (Lipinski definition) is 1. The summed E-state index contributed by atoms with van der Waals surface area (Å²) in [5, 5.41) is 9.27. The van der Waals surface area contributed by atoms with Gasteiger partial charge in [0.1, 0.15) is 6.07 Å². The fraction of sp³-hybridized carbons (Fsp3) is 0.467. The van der Waals surface area contributed by atoms with Gasteiger partial charge in [-0.1, -0.05) is 6.07 Å². The van der Waals surface area contributed by atoms with Crippen LogP contribution in [0.3, 0.4) is 0 Å². The minimum absolute atomic E-state index is 0.121. The first-order valence-electron chi connectivity index (χ1n) is 6.59. The molecule has 4 heteroatoms. The fourth-order valence-corrected chi connectivity index (χ4v) is 2.66. The minimum Gasteiger partial charge on any atom is -0.369 e. The number of amides is 1. The molecule has 1 aromatic carbocycles. The van der Waals surface area contributed by atoms with Crippen LogP contribution in [0.25, 0.3) is 0 Å². The van der Waals surface area contributed by atoms with E-state index in [4.69, 9.17) is 5.73 Å². The SMILES string of the molecule is Cc1ccc(N2CC(C(N)=O)CCC2C)c(C#N)c1. The van der Waals surface area contributed by atoms with E-state index in [2.05, 4.69) is 17.9 Å². The Bertz CT molecular complexity index is 533. The van der Waals surface area contributed by atoms with E-state index in [1.807, 2.05) is 25.1 Å². The molecule has 0 bridgehead atoms. The van der Waals surface area contributed by atoms with Gasteiger partial charge in [-0.25, -0.2) is 0 Å². The first-order valence-corrected chi connectivity index (χ1v) is 6.59. The number of anilines is 1. The third-order valence-corrected chi connectivity index (χ3v) is 3.87. The standard InChI is InChI=1S/C15H19N3O/c1-10-3-6-14(13(7-10)8-16)18-9-12(15(17)19)5-4-11(18)2/h3,6-7,11-12H,4-5,9H2,1-2H3,(H2,17,19). The number of carbonyl (C=O) groups is 1. The summed E-state index contributed by atoms with van der Waals surface area (Å²) in [6.45, 7) is 4.70. The topological polar surface area (TPSA) is 70.1 Å². The Kier molecular flexibility index (Phi) is 3.75. The first kappa shape index (κ1) is 13.4. The average Bonchev–Trinajstić information content (AvgIpc) is 2.39. The molecule has 0 aromatic heterocycles. The molecule has 1 amide bonds. The highest BCUT2D eigenvalue weighted by atomic mass is 16.1. The van der Waals surface area contributed by atoms with Crippen molar-refractivity contribution in [2.45, 2.75) is 32.7 Å². The summed E-state index contributed by atoms with van der Waals surface area (Å²) >= 11 is 0. The van der Waals surface area contributed by atoms with E-state index in [0.29, 0.717) is 18.2 Å². The van der Waals surface area contributed by atoms with Crippen molar-refractivity contribution in [3.8, 4) is 6.07 Å². The highest BCUT2D eigenvalue weighted by Crippen LogP contribution is 2.30. The van der Waals surface area contributed by atoms with Crippen molar-refractivity contribution in [3.05, 3.63) is 29.3 Å². The van der Waals surface area contributed by atoms with E-state index in [-0.39, 0.29) is 11.8 Å². The molecule has 19 heavy (non-hydrogen) atoms. The highest BCUT2D eigenvalue weighted by Gasteiger charge is 2.29. The van der Waals surface area contributed by atoms with Crippen LogP contribution in [0.1, 0.15) is 30.9 Å². The molecule has 0 aliphatic carbocycles. The Morgan fingerprint density at radius 3 is 2.84 bits per heavy atom. The summed E-state index contributed by atoms with van der Waals surface area (Å²) in [5.41, 5.74) is 8.06. The normalized spacial score (nSPS) is 22.9. The molecule has 2 rings (SSSR count). The quantitative estimate of drug-likeness (QED) is 0.880. The van der Waals surface area contributed by atoms with Gasteiger partial charge >= 0.3 is 0 Å². The van der Waals surface area contributed by atoms with Crippen LogP contribution in [0.4, 0.5) is 5.69 Å². The average molecular weight is 257 g/mol. The van der Waals surface area contributed by atoms with Gasteiger partial charge in [-0.2, -0.15) is 5.26 Å². The van der Waals surface area contributed by atoms with Gasteiger partial charge < -0.3 is 10.6 Å². The summed E-state index contributed by atoms with van der Waals surface area (Å²) < 4.78 is 0. The summed E-state index contributed by atoms with van der Waals surface area (Å²) in [6, 6.07) is 8.41. The fourth-order valence-electron chi connectivity index (χ4n) is 2.66. The van der Waals surface area contributed by atoms with Gasteiger partial charge in [0.25, 0.3) is 0 Å². The molecule has 0 spiro atoms. The molecular weight excluding hydrogens is 238 g/mol. The molecule has 0 radical (unpaired) electrons. The number of benzene rings is 1. The Morgan fingerprint density at radius 1 is 1.47 bits per heavy atom. The third kappa shape index (κ3) is 2.70. The van der Waals surface area contributed by atoms with Gasteiger partial charge in [-0.3, -0.25) is 4.79 Å². The Hall–Kier alpha value is -2.02. The van der Waals surface area contributed by atoms with Crippen LogP contribution in [-0.4, -0.2) is 18.5 Å². The van der Waals surface area contributed by atoms with Gasteiger partial charge in [0.05, 0.1) is 17.2 Å². The second-order valence-corrected chi connectivity index (χ2v) is 5.31. The predicted molar refractivity (Wildman–Crippen MR) is 74.6 cm³/mol. The van der Waals surface area contributed by atoms with Gasteiger partial charge in [0.2, 0.25) is 5.91 Å². The predicted octanol–water partition coefficient (Wildman–Crippen LogP) is 1.96. The van der Waals surface area contributed by atoms with Crippen LogP contribution in [0.15, 0.2) is 18.2 Å². The van der Waals surface area contributed by atoms with Crippen LogP contribution >= 0.6 is 0 Å². The van der Waals surface area contributed by atoms with E-state index in [1.165, 1.54) is 0 Å². The minimum atomic E-state index is -0.248. The summed E-state index contributed by atoms with van der Waals surface area (Å²) in [6.07, 6.45) is 1.76. The molecular formula is C15H19N3O. The lowest BCUT2D eigenvalue weighted by Crippen LogP contribution is -2.46. The monoisotopic (exact) mass is 257 g/mol. The smallest absolute Gasteiger partial charge is 0.222 e. The highest BCUT2D eigenvalue weighted by molar-refractivity contribution is 5.78. The maximum absolute atomic E-state index is 11.4. The number of piperidine rings is 1. The van der Waals surface area contributed by atoms with E-state index < -0.39 is 0 Å². The zero-order valence-electron chi connectivity index (χ0n) is 11.4. The second-order valence-electron chi connectivity index (χ2n) is 5.31. The molecule has 2 N–H and O–H groups in total. The maximum Gasteiger partial charge on any atom is 0.222 e. The number of nitriles is 1. The lowest BCUT2D eigenvalue weighted by atomic mass is 9.91. The molecule has 1 aromatic rings. The number of nitrogens with zero attached hydrogens (tertiary/aromatic N) is 2. The van der Waals surface area contributed by atoms with Crippen LogP contribution in [-0.2, 0) is 4.79 Å². The van der Waals surface area contributed by atoms with E-state index >= 15 is 0 Å². The van der Waals surface area contributed by atoms with Crippen molar-refractivity contribution in [3.63, 3.8) is 0 Å². The van der Waals surface area contributed by atoms with Crippen molar-refractivity contribution < 1.29 is 4.79 Å². The molecule has 4 nitrogen and oxygen atoms in total. The molecule has 1 saturated heterocycles. The molecule has 1 aliphatic heterocycles. The molecule has 2 unspecified atom stereocenters. The van der Waals surface area contributed by atoms with Crippen molar-refractivity contribution >= 4 is 11.6 Å². The van der Waals surface area contributed by atoms with Gasteiger partial charge in [-0.15, -0.1) is 0 Å². The van der Waals surface area contributed by atoms with Crippen molar-refractivity contribution in [1.82, 2.24) is 0 Å². The number of nitrogens with two attached hydrogens (primary N) is 1. The number of rotatable bonds is 2. The molecule has 1 heterocycles. The van der Waals surface area contributed by atoms with Crippen molar-refractivity contribution in [2.24, 2.45) is 11.7 Å². The summed E-state index contributed by atoms with van der Waals surface area (Å²) in [7, 11) is 0. The lowest BCUT2D eigenvalue weighted by Gasteiger charge is -2.39. The van der Waals surface area contributed by atoms with E-state index in [1.54, 1.807) is 0 Å². The lowest BCUT2D eigenvalue weighted by molar-refractivity contribution is -0.122. The zero-order valence-corrected chi connectivity index (χ0v) is 11.4. The Labute approximate surface area is 113 Å². The molecule has 0 saturated carbocycles. The van der Waals surface area contributed by atoms with Crippen LogP contribution in [0.5, 0.6) is 0 Å². The number of aryl methyl sites for hydroxylation is 1. The Balaban J connectivity index is 2.34. The van der Waals surface area contributed by atoms with Crippen LogP contribution < -0.4 is 10.6 Å². The van der Waals surface area contributed by atoms with Crippen molar-refractivity contribution in [2.75, 3.05) is 11.4 Å². The second kappa shape index (κ2) is 5.31. The zero-order chi connectivity index (χ0) is 14.0. The van der Waals surface area contributed by atoms with Gasteiger partial charge in [-0.05, 0) is 44.4 Å². The van der Waals surface area contributed by atoms with Gasteiger partial charge in [0.15, 0.2) is 0 Å². The molecule has 1 aliphatic rings. The largest absolute Gasteiger partial charge is 0.369 e. The third-order valence-electron chi connectivity index (χ3n) is 3.87.